The summed E-state index contributed by atoms with van der Waals surface area (Å²) in [5.74, 6) is -1.11. The van der Waals surface area contributed by atoms with Crippen molar-refractivity contribution in [2.45, 2.75) is 26.6 Å². The SMILES string of the molecule is CCOC(CN(CCc1ccccc1)C(=S)Nc1cc(F)ccc1F)OCC. The summed E-state index contributed by atoms with van der Waals surface area (Å²) in [7, 11) is 0. The Hall–Kier alpha value is -2.09. The molecule has 0 aliphatic rings. The summed E-state index contributed by atoms with van der Waals surface area (Å²) in [6.07, 6.45) is 0.266. The van der Waals surface area contributed by atoms with Crippen LogP contribution in [0.1, 0.15) is 19.4 Å². The number of hydrogen-bond acceptors (Lipinski definition) is 3. The van der Waals surface area contributed by atoms with Gasteiger partial charge < -0.3 is 19.7 Å². The van der Waals surface area contributed by atoms with E-state index in [1.165, 1.54) is 0 Å². The maximum Gasteiger partial charge on any atom is 0.174 e. The molecule has 4 nitrogen and oxygen atoms in total. The summed E-state index contributed by atoms with van der Waals surface area (Å²) >= 11 is 5.48. The predicted octanol–water partition coefficient (Wildman–Crippen LogP) is 4.61. The Morgan fingerprint density at radius 2 is 1.75 bits per heavy atom. The maximum absolute atomic E-state index is 14.0. The third-order valence-electron chi connectivity index (χ3n) is 4.05. The number of ether oxygens (including phenoxy) is 2. The van der Waals surface area contributed by atoms with Gasteiger partial charge in [-0.1, -0.05) is 30.3 Å². The van der Waals surface area contributed by atoms with Crippen LogP contribution in [0.25, 0.3) is 0 Å². The molecule has 152 valence electrons. The molecule has 0 spiro atoms. The second kappa shape index (κ2) is 11.7. The average Bonchev–Trinajstić information content (AvgIpc) is 2.69. The Labute approximate surface area is 170 Å². The van der Waals surface area contributed by atoms with Crippen molar-refractivity contribution in [3.63, 3.8) is 0 Å². The molecule has 0 aromatic heterocycles. The van der Waals surface area contributed by atoms with Crippen molar-refractivity contribution in [2.75, 3.05) is 31.6 Å². The van der Waals surface area contributed by atoms with Gasteiger partial charge in [-0.2, -0.15) is 0 Å². The average molecular weight is 409 g/mol. The fourth-order valence-electron chi connectivity index (χ4n) is 2.68. The van der Waals surface area contributed by atoms with Crippen LogP contribution in [-0.2, 0) is 15.9 Å². The fourth-order valence-corrected chi connectivity index (χ4v) is 2.95. The van der Waals surface area contributed by atoms with Crippen LogP contribution < -0.4 is 5.32 Å². The lowest BCUT2D eigenvalue weighted by Crippen LogP contribution is -2.43. The number of nitrogens with one attached hydrogen (secondary N) is 1. The minimum Gasteiger partial charge on any atom is -0.351 e. The molecule has 7 heteroatoms. The van der Waals surface area contributed by atoms with E-state index in [1.807, 2.05) is 49.1 Å². The van der Waals surface area contributed by atoms with Crippen LogP contribution in [-0.4, -0.2) is 42.6 Å². The summed E-state index contributed by atoms with van der Waals surface area (Å²) in [5, 5.41) is 3.09. The number of anilines is 1. The Morgan fingerprint density at radius 1 is 1.07 bits per heavy atom. The number of benzene rings is 2. The first-order valence-corrected chi connectivity index (χ1v) is 9.72. The molecular formula is C21H26F2N2O2S. The van der Waals surface area contributed by atoms with E-state index in [4.69, 9.17) is 21.7 Å². The lowest BCUT2D eigenvalue weighted by Gasteiger charge is -2.30. The number of nitrogens with zero attached hydrogens (tertiary/aromatic N) is 1. The van der Waals surface area contributed by atoms with Crippen LogP contribution in [0.15, 0.2) is 48.5 Å². The number of halogens is 2. The third-order valence-corrected chi connectivity index (χ3v) is 4.41. The van der Waals surface area contributed by atoms with Crippen LogP contribution in [0.5, 0.6) is 0 Å². The summed E-state index contributed by atoms with van der Waals surface area (Å²) in [6, 6.07) is 13.2. The van der Waals surface area contributed by atoms with Gasteiger partial charge in [0.15, 0.2) is 11.4 Å². The zero-order chi connectivity index (χ0) is 20.4. The van der Waals surface area contributed by atoms with Crippen LogP contribution in [0.4, 0.5) is 14.5 Å². The molecule has 0 amide bonds. The van der Waals surface area contributed by atoms with Crippen LogP contribution in [0.3, 0.4) is 0 Å². The summed E-state index contributed by atoms with van der Waals surface area (Å²) in [6.45, 7) is 5.71. The van der Waals surface area contributed by atoms with Gasteiger partial charge >= 0.3 is 0 Å². The molecule has 0 aliphatic heterocycles. The van der Waals surface area contributed by atoms with Crippen molar-refractivity contribution < 1.29 is 18.3 Å². The highest BCUT2D eigenvalue weighted by molar-refractivity contribution is 7.80. The molecule has 0 saturated carbocycles. The molecule has 2 aromatic carbocycles. The molecule has 2 rings (SSSR count). The summed E-state index contributed by atoms with van der Waals surface area (Å²) < 4.78 is 38.7. The maximum atomic E-state index is 14.0. The highest BCUT2D eigenvalue weighted by atomic mass is 32.1. The largest absolute Gasteiger partial charge is 0.351 e. The molecule has 0 heterocycles. The molecule has 0 aliphatic carbocycles. The van der Waals surface area contributed by atoms with E-state index >= 15 is 0 Å². The van der Waals surface area contributed by atoms with E-state index in [0.29, 0.717) is 26.3 Å². The van der Waals surface area contributed by atoms with Crippen molar-refractivity contribution in [2.24, 2.45) is 0 Å². The Morgan fingerprint density at radius 3 is 2.39 bits per heavy atom. The van der Waals surface area contributed by atoms with Gasteiger partial charge in [-0.15, -0.1) is 0 Å². The van der Waals surface area contributed by atoms with Gasteiger partial charge in [0.25, 0.3) is 0 Å². The van der Waals surface area contributed by atoms with E-state index in [9.17, 15) is 8.78 Å². The van der Waals surface area contributed by atoms with Crippen molar-refractivity contribution >= 4 is 23.0 Å². The van der Waals surface area contributed by atoms with Crippen molar-refractivity contribution in [1.82, 2.24) is 4.90 Å². The Balaban J connectivity index is 2.12. The second-order valence-corrected chi connectivity index (χ2v) is 6.46. The van der Waals surface area contributed by atoms with Crippen molar-refractivity contribution in [1.29, 1.82) is 0 Å². The Bertz CT molecular complexity index is 740. The predicted molar refractivity (Wildman–Crippen MR) is 111 cm³/mol. The normalized spacial score (nSPS) is 10.9. The lowest BCUT2D eigenvalue weighted by molar-refractivity contribution is -0.141. The first-order chi connectivity index (χ1) is 13.5. The molecule has 0 bridgehead atoms. The number of rotatable bonds is 10. The van der Waals surface area contributed by atoms with Crippen LogP contribution >= 0.6 is 12.2 Å². The van der Waals surface area contributed by atoms with Crippen molar-refractivity contribution in [3.05, 3.63) is 65.7 Å². The van der Waals surface area contributed by atoms with E-state index in [2.05, 4.69) is 5.32 Å². The molecule has 0 fully saturated rings. The molecule has 28 heavy (non-hydrogen) atoms. The van der Waals surface area contributed by atoms with E-state index in [-0.39, 0.29) is 10.8 Å². The minimum absolute atomic E-state index is 0.000851. The van der Waals surface area contributed by atoms with Gasteiger partial charge in [0.2, 0.25) is 0 Å². The monoisotopic (exact) mass is 408 g/mol. The molecule has 0 radical (unpaired) electrons. The Kier molecular flexibility index (Phi) is 9.27. The molecule has 1 N–H and O–H groups in total. The topological polar surface area (TPSA) is 33.7 Å². The molecular weight excluding hydrogens is 382 g/mol. The molecule has 0 unspecified atom stereocenters. The van der Waals surface area contributed by atoms with Gasteiger partial charge in [0.1, 0.15) is 11.6 Å². The lowest BCUT2D eigenvalue weighted by atomic mass is 10.1. The smallest absolute Gasteiger partial charge is 0.174 e. The van der Waals surface area contributed by atoms with Gasteiger partial charge in [0.05, 0.1) is 12.2 Å². The van der Waals surface area contributed by atoms with Crippen LogP contribution in [0, 0.1) is 11.6 Å². The molecule has 0 atom stereocenters. The first-order valence-electron chi connectivity index (χ1n) is 9.31. The zero-order valence-electron chi connectivity index (χ0n) is 16.2. The van der Waals surface area contributed by atoms with Crippen LogP contribution in [0.2, 0.25) is 0 Å². The van der Waals surface area contributed by atoms with E-state index < -0.39 is 17.9 Å². The molecule has 2 aromatic rings. The number of thiocarbonyl (C=S) groups is 1. The number of hydrogen-bond donors (Lipinski definition) is 1. The standard InChI is InChI=1S/C21H26F2N2O2S/c1-3-26-20(27-4-2)15-25(13-12-16-8-6-5-7-9-16)21(28)24-19-14-17(22)10-11-18(19)23/h5-11,14,20H,3-4,12-13,15H2,1-2H3,(H,24,28). The zero-order valence-corrected chi connectivity index (χ0v) is 17.0. The summed E-state index contributed by atoms with van der Waals surface area (Å²) in [4.78, 5) is 1.85. The van der Waals surface area contributed by atoms with Crippen molar-refractivity contribution in [3.8, 4) is 0 Å². The van der Waals surface area contributed by atoms with Gasteiger partial charge in [0, 0.05) is 25.8 Å². The molecule has 0 saturated heterocycles. The van der Waals surface area contributed by atoms with Gasteiger partial charge in [-0.05, 0) is 50.2 Å². The fraction of sp³-hybridized carbons (Fsp3) is 0.381. The minimum atomic E-state index is -0.571. The third kappa shape index (κ3) is 7.14. The van der Waals surface area contributed by atoms with Gasteiger partial charge in [-0.25, -0.2) is 8.78 Å². The summed E-state index contributed by atoms with van der Waals surface area (Å²) in [5.41, 5.74) is 1.15. The van der Waals surface area contributed by atoms with Gasteiger partial charge in [-0.3, -0.25) is 0 Å². The van der Waals surface area contributed by atoms with E-state index in [0.717, 1.165) is 30.2 Å². The highest BCUT2D eigenvalue weighted by Crippen LogP contribution is 2.16. The quantitative estimate of drug-likeness (QED) is 0.459. The highest BCUT2D eigenvalue weighted by Gasteiger charge is 2.18. The second-order valence-electron chi connectivity index (χ2n) is 6.08. The van der Waals surface area contributed by atoms with E-state index in [1.54, 1.807) is 0 Å². The first kappa shape index (κ1) is 22.2.